The van der Waals surface area contributed by atoms with Crippen molar-refractivity contribution in [1.29, 1.82) is 0 Å². The largest absolute Gasteiger partial charge is 0.384 e. The Kier molecular flexibility index (Phi) is 1.39. The summed E-state index contributed by atoms with van der Waals surface area (Å²) in [6.45, 7) is 0. The Bertz CT molecular complexity index is 169. The lowest BCUT2D eigenvalue weighted by molar-refractivity contribution is 1.41. The molecule has 0 aromatic heterocycles. The van der Waals surface area contributed by atoms with Crippen LogP contribution in [0.25, 0.3) is 0 Å². The summed E-state index contributed by atoms with van der Waals surface area (Å²) in [5.41, 5.74) is 5.30. The van der Waals surface area contributed by atoms with Crippen LogP contribution in [0.5, 0.6) is 0 Å². The van der Waals surface area contributed by atoms with Crippen molar-refractivity contribution in [1.82, 2.24) is 0 Å². The van der Waals surface area contributed by atoms with Gasteiger partial charge < -0.3 is 5.73 Å². The summed E-state index contributed by atoms with van der Waals surface area (Å²) in [6.07, 6.45) is 4.43. The fraction of sp³-hybridized carbons (Fsp3) is 0.200. The van der Waals surface area contributed by atoms with Crippen LogP contribution in [0.2, 0.25) is 0 Å². The van der Waals surface area contributed by atoms with Gasteiger partial charge in [0.05, 0.1) is 0 Å². The van der Waals surface area contributed by atoms with E-state index < -0.39 is 0 Å². The van der Waals surface area contributed by atoms with E-state index in [1.54, 1.807) is 6.08 Å². The number of hydrogen-bond donors (Lipinski definition) is 1. The summed E-state index contributed by atoms with van der Waals surface area (Å²) in [7, 11) is 0. The molecule has 0 bridgehead atoms. The first-order valence-corrected chi connectivity index (χ1v) is 2.73. The van der Waals surface area contributed by atoms with Gasteiger partial charge in [-0.05, 0) is 6.08 Å². The molecule has 1 rings (SSSR count). The minimum absolute atomic E-state index is 0.515. The van der Waals surface area contributed by atoms with Gasteiger partial charge in [-0.2, -0.15) is 0 Å². The van der Waals surface area contributed by atoms with Crippen LogP contribution in [0.4, 0.5) is 0 Å². The molecule has 1 aliphatic rings. The number of dihydropyridines is 1. The molecule has 42 valence electrons. The van der Waals surface area contributed by atoms with E-state index in [9.17, 15) is 0 Å². The molecule has 0 saturated carbocycles. The van der Waals surface area contributed by atoms with E-state index in [-0.39, 0.29) is 0 Å². The second kappa shape index (κ2) is 2.05. The lowest BCUT2D eigenvalue weighted by Gasteiger charge is -1.98. The first kappa shape index (κ1) is 5.44. The summed E-state index contributed by atoms with van der Waals surface area (Å²) in [6, 6.07) is 0. The molecule has 0 aromatic rings. The molecule has 0 fully saturated rings. The topological polar surface area (TPSA) is 38.4 Å². The molecule has 0 atom stereocenters. The number of aliphatic imine (C=N–C) groups is 1. The molecule has 2 nitrogen and oxygen atoms in total. The zero-order valence-electron chi connectivity index (χ0n) is 4.29. The van der Waals surface area contributed by atoms with Gasteiger partial charge in [-0.3, -0.25) is 0 Å². The normalized spacial score (nSPS) is 18.5. The predicted molar refractivity (Wildman–Crippen MR) is 38.0 cm³/mol. The van der Waals surface area contributed by atoms with E-state index in [4.69, 9.17) is 18.0 Å². The van der Waals surface area contributed by atoms with Gasteiger partial charge in [0.1, 0.15) is 10.8 Å². The number of amidine groups is 1. The Hall–Kier alpha value is -0.700. The second-order valence-electron chi connectivity index (χ2n) is 1.54. The van der Waals surface area contributed by atoms with Gasteiger partial charge in [-0.25, -0.2) is 4.99 Å². The molecule has 0 radical (unpaired) electrons. The molecule has 1 heterocycles. The first-order valence-electron chi connectivity index (χ1n) is 2.32. The third kappa shape index (κ3) is 1.13. The van der Waals surface area contributed by atoms with Crippen molar-refractivity contribution in [3.05, 3.63) is 12.2 Å². The zero-order chi connectivity index (χ0) is 5.98. The van der Waals surface area contributed by atoms with Gasteiger partial charge in [0.25, 0.3) is 0 Å². The molecule has 0 amide bonds. The van der Waals surface area contributed by atoms with E-state index in [0.29, 0.717) is 10.8 Å². The van der Waals surface area contributed by atoms with Crippen molar-refractivity contribution in [2.24, 2.45) is 10.7 Å². The van der Waals surface area contributed by atoms with Crippen molar-refractivity contribution in [3.63, 3.8) is 0 Å². The molecule has 0 saturated heterocycles. The number of thiocarbonyl (C=S) groups is 1. The molecule has 0 unspecified atom stereocenters. The third-order valence-corrected chi connectivity index (χ3v) is 1.09. The van der Waals surface area contributed by atoms with Crippen LogP contribution in [-0.4, -0.2) is 10.8 Å². The van der Waals surface area contributed by atoms with E-state index >= 15 is 0 Å². The summed E-state index contributed by atoms with van der Waals surface area (Å²) < 4.78 is 0. The van der Waals surface area contributed by atoms with Crippen molar-refractivity contribution < 1.29 is 0 Å². The zero-order valence-corrected chi connectivity index (χ0v) is 5.11. The van der Waals surface area contributed by atoms with Crippen LogP contribution in [0.3, 0.4) is 0 Å². The van der Waals surface area contributed by atoms with E-state index in [2.05, 4.69) is 4.99 Å². The Morgan fingerprint density at radius 2 is 2.50 bits per heavy atom. The Morgan fingerprint density at radius 1 is 1.75 bits per heavy atom. The van der Waals surface area contributed by atoms with E-state index in [0.717, 1.165) is 6.42 Å². The first-order chi connectivity index (χ1) is 3.79. The average molecular weight is 126 g/mol. The molecule has 8 heavy (non-hydrogen) atoms. The third-order valence-electron chi connectivity index (χ3n) is 0.835. The summed E-state index contributed by atoms with van der Waals surface area (Å²) in [5.74, 6) is 0.515. The summed E-state index contributed by atoms with van der Waals surface area (Å²) >= 11 is 4.76. The summed E-state index contributed by atoms with van der Waals surface area (Å²) in [5, 5.41) is 0. The Balaban J connectivity index is 2.77. The maximum atomic E-state index is 5.30. The summed E-state index contributed by atoms with van der Waals surface area (Å²) in [4.78, 5) is 4.49. The smallest absolute Gasteiger partial charge is 0.124 e. The van der Waals surface area contributed by atoms with Crippen LogP contribution in [-0.2, 0) is 0 Å². The van der Waals surface area contributed by atoms with E-state index in [1.165, 1.54) is 0 Å². The molecular weight excluding hydrogens is 120 g/mol. The quantitative estimate of drug-likeness (QED) is 0.483. The highest BCUT2D eigenvalue weighted by Crippen LogP contribution is 1.96. The number of rotatable bonds is 0. The van der Waals surface area contributed by atoms with Gasteiger partial charge in [-0.1, -0.05) is 18.3 Å². The SMILES string of the molecule is NC1=NC(=S)CC=C1. The molecule has 3 heteroatoms. The molecule has 0 spiro atoms. The molecule has 0 aromatic carbocycles. The highest BCUT2D eigenvalue weighted by atomic mass is 32.1. The van der Waals surface area contributed by atoms with Gasteiger partial charge >= 0.3 is 0 Å². The fourth-order valence-corrected chi connectivity index (χ4v) is 0.709. The van der Waals surface area contributed by atoms with Crippen LogP contribution >= 0.6 is 12.2 Å². The van der Waals surface area contributed by atoms with Crippen molar-refractivity contribution in [2.45, 2.75) is 6.42 Å². The monoisotopic (exact) mass is 126 g/mol. The molecule has 1 aliphatic heterocycles. The Morgan fingerprint density at radius 3 is 2.88 bits per heavy atom. The molecule has 2 N–H and O–H groups in total. The maximum Gasteiger partial charge on any atom is 0.124 e. The number of nitrogens with two attached hydrogens (primary N) is 1. The Labute approximate surface area is 53.1 Å². The van der Waals surface area contributed by atoms with Crippen LogP contribution in [0.1, 0.15) is 6.42 Å². The van der Waals surface area contributed by atoms with Gasteiger partial charge in [0, 0.05) is 6.42 Å². The van der Waals surface area contributed by atoms with Gasteiger partial charge in [0.2, 0.25) is 0 Å². The number of nitrogens with zero attached hydrogens (tertiary/aromatic N) is 1. The maximum absolute atomic E-state index is 5.30. The molecule has 0 aliphatic carbocycles. The fourth-order valence-electron chi connectivity index (χ4n) is 0.507. The second-order valence-corrected chi connectivity index (χ2v) is 2.01. The van der Waals surface area contributed by atoms with Crippen molar-refractivity contribution >= 4 is 23.0 Å². The van der Waals surface area contributed by atoms with Gasteiger partial charge in [0.15, 0.2) is 0 Å². The van der Waals surface area contributed by atoms with Crippen LogP contribution in [0, 0.1) is 0 Å². The lowest BCUT2D eigenvalue weighted by atomic mass is 10.3. The van der Waals surface area contributed by atoms with Crippen molar-refractivity contribution in [3.8, 4) is 0 Å². The van der Waals surface area contributed by atoms with E-state index in [1.807, 2.05) is 6.08 Å². The van der Waals surface area contributed by atoms with Crippen LogP contribution < -0.4 is 5.73 Å². The van der Waals surface area contributed by atoms with Crippen molar-refractivity contribution in [2.75, 3.05) is 0 Å². The molecular formula is C5H6N2S. The number of hydrogen-bond acceptors (Lipinski definition) is 2. The van der Waals surface area contributed by atoms with Gasteiger partial charge in [-0.15, -0.1) is 0 Å². The minimum atomic E-state index is 0.515. The highest BCUT2D eigenvalue weighted by Gasteiger charge is 1.95. The lowest BCUT2D eigenvalue weighted by Crippen LogP contribution is -2.12. The minimum Gasteiger partial charge on any atom is -0.384 e. The van der Waals surface area contributed by atoms with Crippen LogP contribution in [0.15, 0.2) is 17.1 Å². The average Bonchev–Trinajstić information content (AvgIpc) is 1.64. The highest BCUT2D eigenvalue weighted by molar-refractivity contribution is 7.80. The predicted octanol–water partition coefficient (Wildman–Crippen LogP) is 0.631. The standard InChI is InChI=1S/C5H6N2S/c6-4-2-1-3-5(8)7-4/h1-2H,3H2,(H2,6,7,8).